The van der Waals surface area contributed by atoms with Gasteiger partial charge in [0.25, 0.3) is 0 Å². The average molecular weight is 132 g/mol. The molecule has 0 aliphatic rings. The minimum absolute atomic E-state index is 0.419. The SMILES string of the molecule is [2H]N(C(C)=O)[C@@H](C)C(=O)O. The zero-order valence-corrected chi connectivity index (χ0v) is 5.29. The van der Waals surface area contributed by atoms with Crippen molar-refractivity contribution in [3.05, 3.63) is 0 Å². The number of aliphatic carboxylic acids is 1. The van der Waals surface area contributed by atoms with Gasteiger partial charge in [-0.3, -0.25) is 9.59 Å². The number of nitrogens with one attached hydrogen (secondary N) is 1. The van der Waals surface area contributed by atoms with Gasteiger partial charge >= 0.3 is 5.97 Å². The lowest BCUT2D eigenvalue weighted by molar-refractivity contribution is -0.140. The van der Waals surface area contributed by atoms with E-state index in [0.29, 0.717) is 5.31 Å². The summed E-state index contributed by atoms with van der Waals surface area (Å²) in [7, 11) is 0. The van der Waals surface area contributed by atoms with Gasteiger partial charge in [0.05, 0.1) is 0 Å². The van der Waals surface area contributed by atoms with Gasteiger partial charge < -0.3 is 10.4 Å². The quantitative estimate of drug-likeness (QED) is 0.537. The van der Waals surface area contributed by atoms with Crippen molar-refractivity contribution in [3.63, 3.8) is 0 Å². The Morgan fingerprint density at radius 1 is 1.78 bits per heavy atom. The Labute approximate surface area is 54.3 Å². The predicted molar refractivity (Wildman–Crippen MR) is 30.9 cm³/mol. The van der Waals surface area contributed by atoms with Crippen molar-refractivity contribution in [1.29, 1.82) is 0 Å². The molecule has 9 heavy (non-hydrogen) atoms. The molecular formula is C5H9NO3. The first-order valence-electron chi connectivity index (χ1n) is 2.93. The number of amides is 1. The number of hydrogen-bond donors (Lipinski definition) is 2. The molecule has 0 radical (unpaired) electrons. The molecule has 4 heteroatoms. The summed E-state index contributed by atoms with van der Waals surface area (Å²) in [5.41, 5.74) is 0. The van der Waals surface area contributed by atoms with Crippen LogP contribution in [0.25, 0.3) is 0 Å². The maximum Gasteiger partial charge on any atom is 0.325 e. The summed E-state index contributed by atoms with van der Waals surface area (Å²) in [4.78, 5) is 20.5. The van der Waals surface area contributed by atoms with Crippen LogP contribution in [0, 0.1) is 0 Å². The Morgan fingerprint density at radius 3 is 2.33 bits per heavy atom. The molecule has 0 fully saturated rings. The summed E-state index contributed by atoms with van der Waals surface area (Å²) >= 11 is 0. The second kappa shape index (κ2) is 3.06. The minimum Gasteiger partial charge on any atom is -0.480 e. The van der Waals surface area contributed by atoms with Crippen molar-refractivity contribution in [1.82, 2.24) is 5.31 Å². The van der Waals surface area contributed by atoms with Crippen molar-refractivity contribution >= 4 is 11.9 Å². The van der Waals surface area contributed by atoms with E-state index >= 15 is 0 Å². The van der Waals surface area contributed by atoms with E-state index in [1.54, 1.807) is 0 Å². The van der Waals surface area contributed by atoms with Gasteiger partial charge in [0, 0.05) is 6.92 Å². The monoisotopic (exact) mass is 132 g/mol. The summed E-state index contributed by atoms with van der Waals surface area (Å²) in [5, 5.41) is 8.71. The van der Waals surface area contributed by atoms with Gasteiger partial charge in [-0.2, -0.15) is 0 Å². The van der Waals surface area contributed by atoms with Crippen LogP contribution < -0.4 is 5.31 Å². The predicted octanol–water partition coefficient (Wildman–Crippen LogP) is -0.404. The minimum atomic E-state index is -1.18. The lowest BCUT2D eigenvalue weighted by Crippen LogP contribution is -2.36. The van der Waals surface area contributed by atoms with Crippen molar-refractivity contribution in [3.8, 4) is 0 Å². The fraction of sp³-hybridized carbons (Fsp3) is 0.600. The molecule has 0 saturated carbocycles. The third kappa shape index (κ3) is 3.52. The van der Waals surface area contributed by atoms with Crippen LogP contribution in [-0.2, 0) is 9.59 Å². The highest BCUT2D eigenvalue weighted by atomic mass is 16.4. The van der Waals surface area contributed by atoms with Crippen LogP contribution >= 0.6 is 0 Å². The summed E-state index contributed by atoms with van der Waals surface area (Å²) in [6.45, 7) is 2.42. The first-order chi connectivity index (χ1) is 4.46. The zero-order valence-electron chi connectivity index (χ0n) is 6.29. The van der Waals surface area contributed by atoms with Gasteiger partial charge in [-0.1, -0.05) is 0 Å². The molecule has 0 rings (SSSR count). The lowest BCUT2D eigenvalue weighted by atomic mass is 10.3. The molecule has 1 amide bonds. The Balaban J connectivity index is 4.07. The summed E-state index contributed by atoms with van der Waals surface area (Å²) in [6, 6.07) is -1.07. The molecule has 52 valence electrons. The highest BCUT2D eigenvalue weighted by Gasteiger charge is 2.09. The number of carboxylic acid groups (broad SMARTS) is 1. The Kier molecular flexibility index (Phi) is 2.06. The second-order valence-corrected chi connectivity index (χ2v) is 1.66. The molecule has 0 aromatic heterocycles. The van der Waals surface area contributed by atoms with Crippen molar-refractivity contribution in [2.75, 3.05) is 0 Å². The molecular weight excluding hydrogens is 122 g/mol. The van der Waals surface area contributed by atoms with Gasteiger partial charge in [-0.25, -0.2) is 0 Å². The van der Waals surface area contributed by atoms with Crippen molar-refractivity contribution < 1.29 is 16.1 Å². The van der Waals surface area contributed by atoms with Crippen LogP contribution in [0.3, 0.4) is 0 Å². The highest BCUT2D eigenvalue weighted by Crippen LogP contribution is 1.78. The van der Waals surface area contributed by atoms with E-state index in [1.165, 1.54) is 6.92 Å². The van der Waals surface area contributed by atoms with Crippen LogP contribution in [0.1, 0.15) is 13.8 Å². The summed E-state index contributed by atoms with van der Waals surface area (Å²) < 4.78 is 6.87. The number of carbonyl (C=O) groups excluding carboxylic acids is 1. The van der Waals surface area contributed by atoms with Crippen LogP contribution in [0.4, 0.5) is 0 Å². The molecule has 1 atom stereocenters. The summed E-state index contributed by atoms with van der Waals surface area (Å²) in [5.74, 6) is -1.75. The van der Waals surface area contributed by atoms with E-state index in [2.05, 4.69) is 0 Å². The van der Waals surface area contributed by atoms with Crippen molar-refractivity contribution in [2.24, 2.45) is 0 Å². The van der Waals surface area contributed by atoms with E-state index in [-0.39, 0.29) is 0 Å². The normalized spacial score (nSPS) is 13.8. The molecule has 0 saturated heterocycles. The van der Waals surface area contributed by atoms with Crippen LogP contribution in [0.2, 0.25) is 1.41 Å². The van der Waals surface area contributed by atoms with Crippen LogP contribution in [-0.4, -0.2) is 23.0 Å². The van der Waals surface area contributed by atoms with E-state index in [4.69, 9.17) is 6.52 Å². The molecule has 0 aliphatic carbocycles. The standard InChI is InChI=1S/C5H9NO3/c1-3(5(8)9)6-4(2)7/h3H,1-2H3,(H,6,7)(H,8,9)/t3-/m0/s1/i/hD. The molecule has 4 nitrogen and oxygen atoms in total. The largest absolute Gasteiger partial charge is 0.480 e. The maximum absolute atomic E-state index is 10.4. The van der Waals surface area contributed by atoms with Gasteiger partial charge in [0.2, 0.25) is 5.91 Å². The Hall–Kier alpha value is -1.06. The van der Waals surface area contributed by atoms with Crippen LogP contribution in [0.5, 0.6) is 0 Å². The Bertz CT molecular complexity index is 141. The molecule has 0 aromatic rings. The molecule has 2 N–H and O–H groups in total. The number of rotatable bonds is 2. The van der Waals surface area contributed by atoms with Crippen LogP contribution in [0.15, 0.2) is 0 Å². The van der Waals surface area contributed by atoms with E-state index in [1.807, 2.05) is 0 Å². The van der Waals surface area contributed by atoms with E-state index in [0.717, 1.165) is 6.92 Å². The third-order valence-corrected chi connectivity index (χ3v) is 0.733. The fourth-order valence-electron chi connectivity index (χ4n) is 0.328. The van der Waals surface area contributed by atoms with E-state index < -0.39 is 17.9 Å². The maximum atomic E-state index is 10.4. The number of hydrogen-bond acceptors (Lipinski definition) is 2. The van der Waals surface area contributed by atoms with Gasteiger partial charge in [0.15, 0.2) is 1.41 Å². The first-order valence-corrected chi connectivity index (χ1v) is 2.48. The smallest absolute Gasteiger partial charge is 0.325 e. The fourth-order valence-corrected chi connectivity index (χ4v) is 0.328. The Morgan fingerprint density at radius 2 is 2.22 bits per heavy atom. The van der Waals surface area contributed by atoms with E-state index in [9.17, 15) is 9.59 Å². The average Bonchev–Trinajstić information content (AvgIpc) is 1.84. The second-order valence-electron chi connectivity index (χ2n) is 1.66. The molecule has 0 heterocycles. The topological polar surface area (TPSA) is 66.4 Å². The van der Waals surface area contributed by atoms with Crippen molar-refractivity contribution in [2.45, 2.75) is 19.9 Å². The lowest BCUT2D eigenvalue weighted by Gasteiger charge is -2.04. The molecule has 0 unspecified atom stereocenters. The molecule has 0 aromatic carbocycles. The molecule has 0 spiro atoms. The summed E-state index contributed by atoms with van der Waals surface area (Å²) in [6.07, 6.45) is 0. The van der Waals surface area contributed by atoms with Gasteiger partial charge in [-0.15, -0.1) is 0 Å². The van der Waals surface area contributed by atoms with Gasteiger partial charge in [0.1, 0.15) is 6.04 Å². The number of carbonyl (C=O) groups is 2. The van der Waals surface area contributed by atoms with Gasteiger partial charge in [-0.05, 0) is 6.92 Å². The first kappa shape index (κ1) is 6.07. The highest BCUT2D eigenvalue weighted by molar-refractivity contribution is 5.81. The number of carboxylic acids is 1. The zero-order chi connectivity index (χ0) is 8.31. The molecule has 0 bridgehead atoms. The molecule has 0 aliphatic heterocycles. The third-order valence-electron chi connectivity index (χ3n) is 0.733.